The molecule has 6 nitrogen and oxygen atoms in total. The highest BCUT2D eigenvalue weighted by atomic mass is 16.5. The predicted octanol–water partition coefficient (Wildman–Crippen LogP) is 3.29. The van der Waals surface area contributed by atoms with Gasteiger partial charge in [-0.05, 0) is 44.0 Å². The molecule has 6 heteroatoms. The van der Waals surface area contributed by atoms with Gasteiger partial charge >= 0.3 is 0 Å². The van der Waals surface area contributed by atoms with E-state index < -0.39 is 6.04 Å². The predicted molar refractivity (Wildman–Crippen MR) is 103 cm³/mol. The SMILES string of the molecule is CC(NC(=O)C1CCCC1)C(=O)Nc1cccc(OCc2ccccn2)c1. The molecular formula is C21H25N3O3. The van der Waals surface area contributed by atoms with Crippen LogP contribution in [0.2, 0.25) is 0 Å². The third-order valence-electron chi connectivity index (χ3n) is 4.69. The van der Waals surface area contributed by atoms with Crippen LogP contribution in [0.1, 0.15) is 38.3 Å². The second-order valence-corrected chi connectivity index (χ2v) is 6.84. The Hall–Kier alpha value is -2.89. The number of carbonyl (C=O) groups excluding carboxylic acids is 2. The first-order valence-corrected chi connectivity index (χ1v) is 9.36. The Morgan fingerprint density at radius 2 is 2.00 bits per heavy atom. The van der Waals surface area contributed by atoms with Crippen molar-refractivity contribution in [3.63, 3.8) is 0 Å². The van der Waals surface area contributed by atoms with Gasteiger partial charge in [-0.25, -0.2) is 0 Å². The highest BCUT2D eigenvalue weighted by Crippen LogP contribution is 2.25. The zero-order valence-corrected chi connectivity index (χ0v) is 15.5. The minimum absolute atomic E-state index is 0.0254. The third kappa shape index (κ3) is 5.54. The first-order valence-electron chi connectivity index (χ1n) is 9.36. The summed E-state index contributed by atoms with van der Waals surface area (Å²) in [5.41, 5.74) is 1.45. The number of ether oxygens (including phenoxy) is 1. The Morgan fingerprint density at radius 1 is 1.19 bits per heavy atom. The van der Waals surface area contributed by atoms with Gasteiger partial charge in [0.2, 0.25) is 11.8 Å². The number of rotatable bonds is 7. The largest absolute Gasteiger partial charge is 0.487 e. The van der Waals surface area contributed by atoms with Crippen molar-refractivity contribution in [3.8, 4) is 5.75 Å². The molecule has 0 aliphatic heterocycles. The number of anilines is 1. The number of carbonyl (C=O) groups is 2. The van der Waals surface area contributed by atoms with E-state index in [1.807, 2.05) is 30.3 Å². The maximum Gasteiger partial charge on any atom is 0.246 e. The summed E-state index contributed by atoms with van der Waals surface area (Å²) in [5.74, 6) is 0.412. The van der Waals surface area contributed by atoms with Crippen LogP contribution in [0, 0.1) is 5.92 Å². The Balaban J connectivity index is 1.51. The molecule has 0 spiro atoms. The van der Waals surface area contributed by atoms with E-state index in [0.29, 0.717) is 18.0 Å². The van der Waals surface area contributed by atoms with E-state index >= 15 is 0 Å². The quantitative estimate of drug-likeness (QED) is 0.787. The molecule has 1 aromatic carbocycles. The number of amides is 2. The minimum Gasteiger partial charge on any atom is -0.487 e. The van der Waals surface area contributed by atoms with E-state index in [-0.39, 0.29) is 17.7 Å². The van der Waals surface area contributed by atoms with E-state index in [2.05, 4.69) is 15.6 Å². The van der Waals surface area contributed by atoms with Crippen LogP contribution < -0.4 is 15.4 Å². The lowest BCUT2D eigenvalue weighted by Crippen LogP contribution is -2.43. The van der Waals surface area contributed by atoms with Gasteiger partial charge in [-0.1, -0.05) is 25.0 Å². The molecule has 0 radical (unpaired) electrons. The molecule has 142 valence electrons. The van der Waals surface area contributed by atoms with Gasteiger partial charge in [-0.15, -0.1) is 0 Å². The Labute approximate surface area is 159 Å². The smallest absolute Gasteiger partial charge is 0.246 e. The van der Waals surface area contributed by atoms with Gasteiger partial charge in [0.25, 0.3) is 0 Å². The van der Waals surface area contributed by atoms with Gasteiger partial charge in [0.05, 0.1) is 5.69 Å². The molecule has 3 rings (SSSR count). The van der Waals surface area contributed by atoms with Crippen LogP contribution in [0.15, 0.2) is 48.7 Å². The van der Waals surface area contributed by atoms with Crippen molar-refractivity contribution in [2.75, 3.05) is 5.32 Å². The number of hydrogen-bond acceptors (Lipinski definition) is 4. The highest BCUT2D eigenvalue weighted by molar-refractivity contribution is 5.97. The minimum atomic E-state index is -0.587. The zero-order valence-electron chi connectivity index (χ0n) is 15.5. The summed E-state index contributed by atoms with van der Waals surface area (Å²) in [5, 5.41) is 5.64. The van der Waals surface area contributed by atoms with Crippen LogP contribution in [0.5, 0.6) is 5.75 Å². The molecule has 2 aromatic rings. The first kappa shape index (κ1) is 18.9. The molecule has 1 unspecified atom stereocenters. The lowest BCUT2D eigenvalue weighted by molar-refractivity contribution is -0.128. The van der Waals surface area contributed by atoms with Crippen LogP contribution in [0.3, 0.4) is 0 Å². The van der Waals surface area contributed by atoms with Crippen LogP contribution in [0.25, 0.3) is 0 Å². The number of pyridine rings is 1. The highest BCUT2D eigenvalue weighted by Gasteiger charge is 2.25. The summed E-state index contributed by atoms with van der Waals surface area (Å²) < 4.78 is 5.72. The van der Waals surface area contributed by atoms with Crippen molar-refractivity contribution < 1.29 is 14.3 Å². The third-order valence-corrected chi connectivity index (χ3v) is 4.69. The van der Waals surface area contributed by atoms with E-state index in [9.17, 15) is 9.59 Å². The van der Waals surface area contributed by atoms with Crippen LogP contribution >= 0.6 is 0 Å². The molecular weight excluding hydrogens is 342 g/mol. The molecule has 1 saturated carbocycles. The van der Waals surface area contributed by atoms with Crippen molar-refractivity contribution in [1.29, 1.82) is 0 Å². The molecule has 1 fully saturated rings. The summed E-state index contributed by atoms with van der Waals surface area (Å²) in [4.78, 5) is 28.8. The molecule has 1 heterocycles. The summed E-state index contributed by atoms with van der Waals surface area (Å²) >= 11 is 0. The Kier molecular flexibility index (Phi) is 6.41. The van der Waals surface area contributed by atoms with Crippen molar-refractivity contribution in [2.45, 2.75) is 45.3 Å². The molecule has 1 aliphatic carbocycles. The normalized spacial score (nSPS) is 15.1. The van der Waals surface area contributed by atoms with Crippen LogP contribution in [-0.2, 0) is 16.2 Å². The number of benzene rings is 1. The average Bonchev–Trinajstić information content (AvgIpc) is 3.22. The summed E-state index contributed by atoms with van der Waals surface area (Å²) in [7, 11) is 0. The molecule has 2 N–H and O–H groups in total. The molecule has 0 saturated heterocycles. The van der Waals surface area contributed by atoms with Gasteiger partial charge in [0.15, 0.2) is 0 Å². The number of aromatic nitrogens is 1. The average molecular weight is 367 g/mol. The van der Waals surface area contributed by atoms with E-state index in [4.69, 9.17) is 4.74 Å². The molecule has 1 aromatic heterocycles. The number of hydrogen-bond donors (Lipinski definition) is 2. The second kappa shape index (κ2) is 9.16. The van der Waals surface area contributed by atoms with Crippen molar-refractivity contribution in [2.24, 2.45) is 5.92 Å². The van der Waals surface area contributed by atoms with Crippen molar-refractivity contribution in [3.05, 3.63) is 54.4 Å². The van der Waals surface area contributed by atoms with Gasteiger partial charge < -0.3 is 15.4 Å². The standard InChI is InChI=1S/C21H25N3O3/c1-15(23-21(26)16-7-2-3-8-16)20(25)24-17-10-6-11-19(13-17)27-14-18-9-4-5-12-22-18/h4-6,9-13,15-16H,2-3,7-8,14H2,1H3,(H,23,26)(H,24,25). The molecule has 2 amide bonds. The van der Waals surface area contributed by atoms with Crippen molar-refractivity contribution >= 4 is 17.5 Å². The van der Waals surface area contributed by atoms with Gasteiger partial charge in [-0.2, -0.15) is 0 Å². The fourth-order valence-electron chi connectivity index (χ4n) is 3.14. The maximum atomic E-state index is 12.4. The summed E-state index contributed by atoms with van der Waals surface area (Å²) in [6.07, 6.45) is 5.72. The van der Waals surface area contributed by atoms with E-state index in [0.717, 1.165) is 31.4 Å². The monoisotopic (exact) mass is 367 g/mol. The lowest BCUT2D eigenvalue weighted by atomic mass is 10.1. The van der Waals surface area contributed by atoms with Crippen LogP contribution in [-0.4, -0.2) is 22.8 Å². The van der Waals surface area contributed by atoms with Crippen molar-refractivity contribution in [1.82, 2.24) is 10.3 Å². The maximum absolute atomic E-state index is 12.4. The fourth-order valence-corrected chi connectivity index (χ4v) is 3.14. The number of nitrogens with zero attached hydrogens (tertiary/aromatic N) is 1. The Morgan fingerprint density at radius 3 is 2.74 bits per heavy atom. The topological polar surface area (TPSA) is 80.3 Å². The Bertz CT molecular complexity index is 773. The first-order chi connectivity index (χ1) is 13.1. The molecule has 27 heavy (non-hydrogen) atoms. The van der Waals surface area contributed by atoms with Gasteiger partial charge in [0.1, 0.15) is 18.4 Å². The molecule has 1 aliphatic rings. The summed E-state index contributed by atoms with van der Waals surface area (Å²) in [6, 6.07) is 12.2. The van der Waals surface area contributed by atoms with E-state index in [1.54, 1.807) is 25.3 Å². The summed E-state index contributed by atoms with van der Waals surface area (Å²) in [6.45, 7) is 2.05. The van der Waals surface area contributed by atoms with E-state index in [1.165, 1.54) is 0 Å². The second-order valence-electron chi connectivity index (χ2n) is 6.84. The molecule has 0 bridgehead atoms. The lowest BCUT2D eigenvalue weighted by Gasteiger charge is -2.17. The number of nitrogens with one attached hydrogen (secondary N) is 2. The fraction of sp³-hybridized carbons (Fsp3) is 0.381. The van der Waals surface area contributed by atoms with Gasteiger partial charge in [0, 0.05) is 23.9 Å². The zero-order chi connectivity index (χ0) is 19.1. The molecule has 1 atom stereocenters. The van der Waals surface area contributed by atoms with Crippen LogP contribution in [0.4, 0.5) is 5.69 Å². The van der Waals surface area contributed by atoms with Gasteiger partial charge in [-0.3, -0.25) is 14.6 Å².